The topological polar surface area (TPSA) is 49.4 Å². The van der Waals surface area contributed by atoms with Crippen molar-refractivity contribution in [3.8, 4) is 0 Å². The molecule has 2 aromatic rings. The van der Waals surface area contributed by atoms with Crippen molar-refractivity contribution < 1.29 is 9.59 Å². The Morgan fingerprint density at radius 1 is 1.03 bits per heavy atom. The van der Waals surface area contributed by atoms with Gasteiger partial charge in [0.2, 0.25) is 11.8 Å². The monoisotopic (exact) mass is 440 g/mol. The van der Waals surface area contributed by atoms with E-state index in [9.17, 15) is 9.59 Å². The first kappa shape index (κ1) is 25.0. The number of thioether (sulfide) groups is 1. The predicted octanol–water partition coefficient (Wildman–Crippen LogP) is 5.26. The van der Waals surface area contributed by atoms with E-state index in [1.807, 2.05) is 58.0 Å². The Bertz CT molecular complexity index is 868. The van der Waals surface area contributed by atoms with Gasteiger partial charge in [-0.25, -0.2) is 0 Å². The van der Waals surface area contributed by atoms with Gasteiger partial charge in [-0.15, -0.1) is 11.8 Å². The highest BCUT2D eigenvalue weighted by atomic mass is 32.2. The number of nitrogens with one attached hydrogen (secondary N) is 1. The van der Waals surface area contributed by atoms with Crippen LogP contribution >= 0.6 is 11.8 Å². The van der Waals surface area contributed by atoms with Crippen LogP contribution in [0.4, 0.5) is 0 Å². The number of hydrogen-bond donors (Lipinski definition) is 1. The average molecular weight is 441 g/mol. The van der Waals surface area contributed by atoms with Gasteiger partial charge in [0.1, 0.15) is 6.04 Å². The molecule has 2 amide bonds. The Hall–Kier alpha value is -2.27. The maximum absolute atomic E-state index is 13.3. The SMILES string of the molecule is CC[C@H](C)NC(=O)[C@H](CC)N(Cc1ccccc1C)C(=O)CSCc1cccc(C)c1. The minimum Gasteiger partial charge on any atom is -0.352 e. The summed E-state index contributed by atoms with van der Waals surface area (Å²) in [6.45, 7) is 10.6. The van der Waals surface area contributed by atoms with Gasteiger partial charge in [-0.1, -0.05) is 67.9 Å². The van der Waals surface area contributed by atoms with Crippen LogP contribution in [-0.4, -0.2) is 34.6 Å². The van der Waals surface area contributed by atoms with Gasteiger partial charge in [0.05, 0.1) is 5.75 Å². The highest BCUT2D eigenvalue weighted by Crippen LogP contribution is 2.19. The van der Waals surface area contributed by atoms with Crippen LogP contribution in [0.2, 0.25) is 0 Å². The zero-order valence-electron chi connectivity index (χ0n) is 19.5. The van der Waals surface area contributed by atoms with Crippen molar-refractivity contribution in [2.75, 3.05) is 5.75 Å². The highest BCUT2D eigenvalue weighted by molar-refractivity contribution is 7.99. The van der Waals surface area contributed by atoms with Crippen LogP contribution < -0.4 is 5.32 Å². The predicted molar refractivity (Wildman–Crippen MR) is 131 cm³/mol. The maximum atomic E-state index is 13.3. The Morgan fingerprint density at radius 2 is 1.77 bits per heavy atom. The van der Waals surface area contributed by atoms with Crippen LogP contribution in [0, 0.1) is 13.8 Å². The molecule has 0 saturated carbocycles. The molecule has 168 valence electrons. The van der Waals surface area contributed by atoms with Crippen LogP contribution in [0.15, 0.2) is 48.5 Å². The van der Waals surface area contributed by atoms with Crippen molar-refractivity contribution in [3.63, 3.8) is 0 Å². The van der Waals surface area contributed by atoms with E-state index >= 15 is 0 Å². The molecule has 4 nitrogen and oxygen atoms in total. The molecule has 0 saturated heterocycles. The third kappa shape index (κ3) is 7.73. The minimum absolute atomic E-state index is 0.00653. The quantitative estimate of drug-likeness (QED) is 0.519. The van der Waals surface area contributed by atoms with Crippen LogP contribution in [0.3, 0.4) is 0 Å². The fourth-order valence-electron chi connectivity index (χ4n) is 3.47. The molecule has 0 fully saturated rings. The van der Waals surface area contributed by atoms with Crippen molar-refractivity contribution in [1.82, 2.24) is 10.2 Å². The molecule has 0 radical (unpaired) electrons. The van der Waals surface area contributed by atoms with Gasteiger partial charge in [0.25, 0.3) is 0 Å². The average Bonchev–Trinajstić information content (AvgIpc) is 2.74. The second-order valence-corrected chi connectivity index (χ2v) is 9.16. The van der Waals surface area contributed by atoms with E-state index in [1.165, 1.54) is 11.1 Å². The normalized spacial score (nSPS) is 12.8. The van der Waals surface area contributed by atoms with Crippen LogP contribution in [0.1, 0.15) is 55.9 Å². The summed E-state index contributed by atoms with van der Waals surface area (Å²) in [7, 11) is 0. The Morgan fingerprint density at radius 3 is 2.42 bits per heavy atom. The molecule has 0 aliphatic carbocycles. The molecule has 0 aromatic heterocycles. The summed E-state index contributed by atoms with van der Waals surface area (Å²) in [4.78, 5) is 28.1. The van der Waals surface area contributed by atoms with E-state index in [-0.39, 0.29) is 17.9 Å². The zero-order chi connectivity index (χ0) is 22.8. The lowest BCUT2D eigenvalue weighted by atomic mass is 10.1. The molecule has 0 aliphatic heterocycles. The second kappa shape index (κ2) is 12.6. The molecule has 2 aromatic carbocycles. The highest BCUT2D eigenvalue weighted by Gasteiger charge is 2.29. The molecule has 2 atom stereocenters. The lowest BCUT2D eigenvalue weighted by Crippen LogP contribution is -2.51. The van der Waals surface area contributed by atoms with E-state index in [0.29, 0.717) is 18.7 Å². The van der Waals surface area contributed by atoms with E-state index in [4.69, 9.17) is 0 Å². The summed E-state index contributed by atoms with van der Waals surface area (Å²) in [6.07, 6.45) is 1.45. The van der Waals surface area contributed by atoms with E-state index in [1.54, 1.807) is 16.7 Å². The molecule has 0 unspecified atom stereocenters. The molecule has 0 bridgehead atoms. The first-order chi connectivity index (χ1) is 14.8. The van der Waals surface area contributed by atoms with Gasteiger partial charge in [0.15, 0.2) is 0 Å². The third-order valence-corrected chi connectivity index (χ3v) is 6.55. The molecule has 1 N–H and O–H groups in total. The molecule has 0 spiro atoms. The smallest absolute Gasteiger partial charge is 0.243 e. The number of rotatable bonds is 11. The Kier molecular flexibility index (Phi) is 10.1. The van der Waals surface area contributed by atoms with Crippen molar-refractivity contribution >= 4 is 23.6 Å². The fourth-order valence-corrected chi connectivity index (χ4v) is 4.33. The summed E-state index contributed by atoms with van der Waals surface area (Å²) < 4.78 is 0. The third-order valence-electron chi connectivity index (χ3n) is 5.57. The molecule has 0 aliphatic rings. The maximum Gasteiger partial charge on any atom is 0.243 e. The zero-order valence-corrected chi connectivity index (χ0v) is 20.3. The summed E-state index contributed by atoms with van der Waals surface area (Å²) in [6, 6.07) is 16.0. The molecule has 0 heterocycles. The number of hydrogen-bond acceptors (Lipinski definition) is 3. The van der Waals surface area contributed by atoms with Gasteiger partial charge < -0.3 is 10.2 Å². The van der Waals surface area contributed by atoms with Gasteiger partial charge >= 0.3 is 0 Å². The minimum atomic E-state index is -0.472. The van der Waals surface area contributed by atoms with E-state index in [0.717, 1.165) is 23.3 Å². The number of amides is 2. The Balaban J connectivity index is 2.15. The molecular formula is C26H36N2O2S. The summed E-state index contributed by atoms with van der Waals surface area (Å²) in [5.41, 5.74) is 4.64. The van der Waals surface area contributed by atoms with Gasteiger partial charge in [-0.3, -0.25) is 9.59 Å². The van der Waals surface area contributed by atoms with Crippen LogP contribution in [0.5, 0.6) is 0 Å². The summed E-state index contributed by atoms with van der Waals surface area (Å²) in [5.74, 6) is 1.07. The first-order valence-electron chi connectivity index (χ1n) is 11.1. The molecule has 5 heteroatoms. The lowest BCUT2D eigenvalue weighted by molar-refractivity contribution is -0.139. The molecule has 31 heavy (non-hydrogen) atoms. The van der Waals surface area contributed by atoms with E-state index < -0.39 is 6.04 Å². The number of nitrogens with zero attached hydrogens (tertiary/aromatic N) is 1. The van der Waals surface area contributed by atoms with Gasteiger partial charge in [-0.05, 0) is 50.3 Å². The number of benzene rings is 2. The van der Waals surface area contributed by atoms with E-state index in [2.05, 4.69) is 30.4 Å². The summed E-state index contributed by atoms with van der Waals surface area (Å²) >= 11 is 1.60. The van der Waals surface area contributed by atoms with Crippen molar-refractivity contribution in [2.24, 2.45) is 0 Å². The molecular weight excluding hydrogens is 404 g/mol. The van der Waals surface area contributed by atoms with Crippen molar-refractivity contribution in [3.05, 3.63) is 70.8 Å². The van der Waals surface area contributed by atoms with Crippen LogP contribution in [0.25, 0.3) is 0 Å². The lowest BCUT2D eigenvalue weighted by Gasteiger charge is -2.32. The summed E-state index contributed by atoms with van der Waals surface area (Å²) in [5, 5.41) is 3.06. The van der Waals surface area contributed by atoms with Crippen LogP contribution in [-0.2, 0) is 21.9 Å². The number of aryl methyl sites for hydroxylation is 2. The number of carbonyl (C=O) groups excluding carboxylic acids is 2. The Labute approximate surface area is 191 Å². The largest absolute Gasteiger partial charge is 0.352 e. The van der Waals surface area contributed by atoms with Gasteiger partial charge in [0, 0.05) is 18.3 Å². The fraction of sp³-hybridized carbons (Fsp3) is 0.462. The standard InChI is InChI=1S/C26H36N2O2S/c1-6-21(5)27-26(30)24(7-2)28(16-23-14-9-8-12-20(23)4)25(29)18-31-17-22-13-10-11-19(3)15-22/h8-15,21,24H,6-7,16-18H2,1-5H3,(H,27,30)/t21-,24-/m0/s1. The first-order valence-corrected chi connectivity index (χ1v) is 12.3. The molecule has 2 rings (SSSR count). The van der Waals surface area contributed by atoms with Crippen molar-refractivity contribution in [1.29, 1.82) is 0 Å². The second-order valence-electron chi connectivity index (χ2n) is 8.17. The van der Waals surface area contributed by atoms with Gasteiger partial charge in [-0.2, -0.15) is 0 Å². The van der Waals surface area contributed by atoms with Crippen molar-refractivity contribution in [2.45, 2.75) is 71.8 Å². The number of carbonyl (C=O) groups is 2.